The largest absolute Gasteiger partial charge is 0.457 e. The van der Waals surface area contributed by atoms with Gasteiger partial charge in [0.1, 0.15) is 12.5 Å². The minimum atomic E-state index is -0.580. The number of hydrogen-bond donors (Lipinski definition) is 0. The van der Waals surface area contributed by atoms with Crippen LogP contribution in [-0.2, 0) is 16.0 Å². The summed E-state index contributed by atoms with van der Waals surface area (Å²) in [5, 5.41) is 18.0. The first kappa shape index (κ1) is 12.3. The Balaban J connectivity index is 1.70. The Hall–Kier alpha value is -2.12. The van der Waals surface area contributed by atoms with E-state index >= 15 is 0 Å². The standard InChI is InChI=1S/C10H14N4O4/c1-10(17-6-7-18-10)4-2-3-5-13-11-8-9(12-13)14(15)16/h6-8H,2-5H2,1H3. The zero-order chi connectivity index (χ0) is 13.0. The van der Waals surface area contributed by atoms with Crippen LogP contribution in [0.1, 0.15) is 26.2 Å². The summed E-state index contributed by atoms with van der Waals surface area (Å²) in [5.74, 6) is -0.808. The van der Waals surface area contributed by atoms with Gasteiger partial charge in [0.2, 0.25) is 5.79 Å². The molecule has 0 saturated carbocycles. The average Bonchev–Trinajstić information content (AvgIpc) is 2.94. The van der Waals surface area contributed by atoms with Crippen molar-refractivity contribution in [2.75, 3.05) is 0 Å². The molecule has 2 heterocycles. The fraction of sp³-hybridized carbons (Fsp3) is 0.600. The van der Waals surface area contributed by atoms with E-state index in [0.29, 0.717) is 6.54 Å². The van der Waals surface area contributed by atoms with Crippen LogP contribution in [0, 0.1) is 10.1 Å². The summed E-state index contributed by atoms with van der Waals surface area (Å²) in [4.78, 5) is 11.2. The molecule has 1 aliphatic rings. The second kappa shape index (κ2) is 5.03. The molecule has 1 aromatic heterocycles. The highest BCUT2D eigenvalue weighted by Gasteiger charge is 2.28. The quantitative estimate of drug-likeness (QED) is 0.435. The van der Waals surface area contributed by atoms with Gasteiger partial charge in [-0.1, -0.05) is 4.80 Å². The molecule has 0 saturated heterocycles. The molecule has 0 amide bonds. The lowest BCUT2D eigenvalue weighted by Gasteiger charge is -2.22. The van der Waals surface area contributed by atoms with Gasteiger partial charge in [-0.05, 0) is 17.8 Å². The number of ether oxygens (including phenoxy) is 2. The number of aryl methyl sites for hydroxylation is 1. The summed E-state index contributed by atoms with van der Waals surface area (Å²) in [5.41, 5.74) is 0. The molecular formula is C10H14N4O4. The van der Waals surface area contributed by atoms with Crippen molar-refractivity contribution in [1.29, 1.82) is 0 Å². The van der Waals surface area contributed by atoms with Crippen molar-refractivity contribution < 1.29 is 14.4 Å². The molecule has 98 valence electrons. The SMILES string of the molecule is CC1(CCCCn2ncc([N+](=O)[O-])n2)OC=CO1. The number of nitrogens with zero attached hydrogens (tertiary/aromatic N) is 4. The lowest BCUT2D eigenvalue weighted by Crippen LogP contribution is -2.25. The van der Waals surface area contributed by atoms with E-state index in [4.69, 9.17) is 9.47 Å². The Morgan fingerprint density at radius 1 is 1.44 bits per heavy atom. The van der Waals surface area contributed by atoms with Gasteiger partial charge in [-0.25, -0.2) is 0 Å². The number of rotatable bonds is 6. The normalized spacial score (nSPS) is 16.3. The van der Waals surface area contributed by atoms with Crippen LogP contribution in [0.2, 0.25) is 0 Å². The van der Waals surface area contributed by atoms with E-state index in [1.807, 2.05) is 6.92 Å². The topological polar surface area (TPSA) is 92.3 Å². The Bertz CT molecular complexity index is 448. The van der Waals surface area contributed by atoms with Crippen molar-refractivity contribution in [1.82, 2.24) is 15.0 Å². The maximum atomic E-state index is 10.4. The van der Waals surface area contributed by atoms with E-state index in [0.717, 1.165) is 25.5 Å². The van der Waals surface area contributed by atoms with E-state index in [9.17, 15) is 10.1 Å². The summed E-state index contributed by atoms with van der Waals surface area (Å²) in [6.45, 7) is 2.40. The van der Waals surface area contributed by atoms with E-state index in [1.165, 1.54) is 17.3 Å². The molecule has 0 spiro atoms. The van der Waals surface area contributed by atoms with E-state index in [-0.39, 0.29) is 5.82 Å². The fourth-order valence-corrected chi connectivity index (χ4v) is 1.67. The Morgan fingerprint density at radius 3 is 2.78 bits per heavy atom. The van der Waals surface area contributed by atoms with Crippen molar-refractivity contribution in [3.63, 3.8) is 0 Å². The number of nitro groups is 1. The van der Waals surface area contributed by atoms with Crippen LogP contribution < -0.4 is 0 Å². The highest BCUT2D eigenvalue weighted by atomic mass is 16.7. The van der Waals surface area contributed by atoms with Crippen LogP contribution in [0.3, 0.4) is 0 Å². The highest BCUT2D eigenvalue weighted by Crippen LogP contribution is 2.25. The third kappa shape index (κ3) is 2.96. The van der Waals surface area contributed by atoms with Gasteiger partial charge in [0.15, 0.2) is 6.20 Å². The van der Waals surface area contributed by atoms with Gasteiger partial charge >= 0.3 is 5.82 Å². The van der Waals surface area contributed by atoms with Crippen molar-refractivity contribution in [2.45, 2.75) is 38.5 Å². The maximum absolute atomic E-state index is 10.4. The molecule has 8 heteroatoms. The van der Waals surface area contributed by atoms with Gasteiger partial charge in [0.25, 0.3) is 0 Å². The number of aromatic nitrogens is 3. The van der Waals surface area contributed by atoms with Crippen molar-refractivity contribution in [2.24, 2.45) is 0 Å². The smallest absolute Gasteiger partial charge is 0.410 e. The summed E-state index contributed by atoms with van der Waals surface area (Å²) in [6, 6.07) is 0. The van der Waals surface area contributed by atoms with Crippen molar-refractivity contribution in [3.05, 3.63) is 28.8 Å². The second-order valence-electron chi connectivity index (χ2n) is 4.15. The molecule has 18 heavy (non-hydrogen) atoms. The van der Waals surface area contributed by atoms with E-state index in [2.05, 4.69) is 10.2 Å². The Morgan fingerprint density at radius 2 is 2.17 bits per heavy atom. The van der Waals surface area contributed by atoms with Crippen LogP contribution in [0.5, 0.6) is 0 Å². The van der Waals surface area contributed by atoms with Crippen LogP contribution >= 0.6 is 0 Å². The Kier molecular flexibility index (Phi) is 3.45. The third-order valence-corrected chi connectivity index (χ3v) is 2.64. The highest BCUT2D eigenvalue weighted by molar-refractivity contribution is 5.07. The first-order chi connectivity index (χ1) is 8.59. The van der Waals surface area contributed by atoms with Gasteiger partial charge in [-0.3, -0.25) is 0 Å². The van der Waals surface area contributed by atoms with E-state index < -0.39 is 10.7 Å². The van der Waals surface area contributed by atoms with Crippen molar-refractivity contribution in [3.8, 4) is 0 Å². The molecule has 0 radical (unpaired) electrons. The molecule has 0 aliphatic carbocycles. The zero-order valence-corrected chi connectivity index (χ0v) is 9.98. The zero-order valence-electron chi connectivity index (χ0n) is 9.98. The first-order valence-electron chi connectivity index (χ1n) is 5.64. The second-order valence-corrected chi connectivity index (χ2v) is 4.15. The minimum Gasteiger partial charge on any atom is -0.457 e. The van der Waals surface area contributed by atoms with E-state index in [1.54, 1.807) is 0 Å². The molecule has 1 aromatic rings. The third-order valence-electron chi connectivity index (χ3n) is 2.64. The molecular weight excluding hydrogens is 240 g/mol. The molecule has 0 aromatic carbocycles. The van der Waals surface area contributed by atoms with Gasteiger partial charge in [0.05, 0.1) is 11.6 Å². The summed E-state index contributed by atoms with van der Waals surface area (Å²) in [6.07, 6.45) is 6.59. The summed E-state index contributed by atoms with van der Waals surface area (Å²) < 4.78 is 10.6. The first-order valence-corrected chi connectivity index (χ1v) is 5.64. The van der Waals surface area contributed by atoms with Gasteiger partial charge in [0, 0.05) is 13.3 Å². The predicted octanol–water partition coefficient (Wildman–Crippen LogP) is 1.59. The van der Waals surface area contributed by atoms with Crippen molar-refractivity contribution >= 4 is 5.82 Å². The monoisotopic (exact) mass is 254 g/mol. The Labute approximate surface area is 103 Å². The average molecular weight is 254 g/mol. The molecule has 1 aliphatic heterocycles. The number of unbranched alkanes of at least 4 members (excludes halogenated alkanes) is 1. The molecule has 8 nitrogen and oxygen atoms in total. The summed E-state index contributed by atoms with van der Waals surface area (Å²) >= 11 is 0. The lowest BCUT2D eigenvalue weighted by molar-refractivity contribution is -0.389. The fourth-order valence-electron chi connectivity index (χ4n) is 1.67. The molecule has 0 fully saturated rings. The van der Waals surface area contributed by atoms with Gasteiger partial charge in [-0.15, -0.1) is 5.10 Å². The molecule has 0 unspecified atom stereocenters. The van der Waals surface area contributed by atoms with Crippen LogP contribution in [0.25, 0.3) is 0 Å². The van der Waals surface area contributed by atoms with Crippen LogP contribution in [-0.4, -0.2) is 25.7 Å². The van der Waals surface area contributed by atoms with Gasteiger partial charge < -0.3 is 19.6 Å². The summed E-state index contributed by atoms with van der Waals surface area (Å²) in [7, 11) is 0. The minimum absolute atomic E-state index is 0.228. The van der Waals surface area contributed by atoms with Crippen LogP contribution in [0.4, 0.5) is 5.82 Å². The van der Waals surface area contributed by atoms with Crippen LogP contribution in [0.15, 0.2) is 18.7 Å². The lowest BCUT2D eigenvalue weighted by atomic mass is 10.1. The molecule has 0 atom stereocenters. The number of hydrogen-bond acceptors (Lipinski definition) is 6. The predicted molar refractivity (Wildman–Crippen MR) is 60.2 cm³/mol. The maximum Gasteiger partial charge on any atom is 0.410 e. The molecule has 0 bridgehead atoms. The van der Waals surface area contributed by atoms with Gasteiger partial charge in [-0.2, -0.15) is 0 Å². The molecule has 2 rings (SSSR count). The molecule has 0 N–H and O–H groups in total.